The Morgan fingerprint density at radius 2 is 2.18 bits per heavy atom. The maximum Gasteiger partial charge on any atom is 0.341 e. The van der Waals surface area contributed by atoms with E-state index >= 15 is 0 Å². The highest BCUT2D eigenvalue weighted by Crippen LogP contribution is 2.17. The van der Waals surface area contributed by atoms with Crippen LogP contribution in [0, 0.1) is 0 Å². The van der Waals surface area contributed by atoms with Crippen molar-refractivity contribution in [3.63, 3.8) is 0 Å². The molecule has 9 heteroatoms. The monoisotopic (exact) mass is 323 g/mol. The standard InChI is InChI=1S/C13H14ClN5O3/c14-8-4-16-13(17-5-8)22-9-2-1-3-19(7-9)11(20)10-6-15-12(21)18-10/h4-6,9-10H,1-3,7H2,(H,18,21). The van der Waals surface area contributed by atoms with E-state index < -0.39 is 12.1 Å². The number of aromatic nitrogens is 2. The molecule has 0 bridgehead atoms. The molecule has 8 nitrogen and oxygen atoms in total. The van der Waals surface area contributed by atoms with Gasteiger partial charge in [0.25, 0.3) is 5.91 Å². The van der Waals surface area contributed by atoms with Gasteiger partial charge in [-0.15, -0.1) is 0 Å². The number of aliphatic imine (C=N–C) groups is 1. The van der Waals surface area contributed by atoms with E-state index in [4.69, 9.17) is 16.3 Å². The Kier molecular flexibility index (Phi) is 4.19. The van der Waals surface area contributed by atoms with Crippen LogP contribution < -0.4 is 10.1 Å². The number of nitrogens with one attached hydrogen (secondary N) is 1. The Morgan fingerprint density at radius 1 is 1.41 bits per heavy atom. The van der Waals surface area contributed by atoms with Crippen LogP contribution in [0.2, 0.25) is 5.02 Å². The van der Waals surface area contributed by atoms with Crippen LogP contribution in [0.1, 0.15) is 12.8 Å². The van der Waals surface area contributed by atoms with Gasteiger partial charge in [0.05, 0.1) is 24.0 Å². The molecular formula is C13H14ClN5O3. The first-order valence-corrected chi connectivity index (χ1v) is 7.27. The lowest BCUT2D eigenvalue weighted by atomic mass is 10.1. The zero-order valence-corrected chi connectivity index (χ0v) is 12.4. The van der Waals surface area contributed by atoms with E-state index in [1.165, 1.54) is 18.6 Å². The molecule has 0 aliphatic carbocycles. The van der Waals surface area contributed by atoms with E-state index in [1.807, 2.05) is 0 Å². The smallest absolute Gasteiger partial charge is 0.341 e. The van der Waals surface area contributed by atoms with E-state index in [-0.39, 0.29) is 18.0 Å². The fraction of sp³-hybridized carbons (Fsp3) is 0.462. The first-order valence-electron chi connectivity index (χ1n) is 6.89. The zero-order valence-electron chi connectivity index (χ0n) is 11.6. The number of halogens is 1. The number of hydrogen-bond acceptors (Lipinski definition) is 5. The van der Waals surface area contributed by atoms with Crippen LogP contribution in [-0.2, 0) is 4.79 Å². The molecule has 0 saturated carbocycles. The second-order valence-corrected chi connectivity index (χ2v) is 5.49. The van der Waals surface area contributed by atoms with E-state index in [0.717, 1.165) is 12.8 Å². The normalized spacial score (nSPS) is 24.2. The van der Waals surface area contributed by atoms with Crippen LogP contribution >= 0.6 is 11.6 Å². The topological polar surface area (TPSA) is 96.8 Å². The van der Waals surface area contributed by atoms with Gasteiger partial charge in [0, 0.05) is 12.8 Å². The molecule has 1 aromatic rings. The molecular weight excluding hydrogens is 310 g/mol. The largest absolute Gasteiger partial charge is 0.458 e. The average molecular weight is 324 g/mol. The zero-order chi connectivity index (χ0) is 15.5. The molecule has 2 unspecified atom stereocenters. The molecule has 1 fully saturated rings. The highest BCUT2D eigenvalue weighted by Gasteiger charge is 2.32. The fourth-order valence-electron chi connectivity index (χ4n) is 2.42. The molecule has 1 N–H and O–H groups in total. The van der Waals surface area contributed by atoms with Gasteiger partial charge >= 0.3 is 12.0 Å². The van der Waals surface area contributed by atoms with E-state index in [2.05, 4.69) is 20.3 Å². The van der Waals surface area contributed by atoms with Crippen LogP contribution in [0.15, 0.2) is 17.4 Å². The number of hydrogen-bond donors (Lipinski definition) is 1. The predicted molar refractivity (Wildman–Crippen MR) is 78.1 cm³/mol. The highest BCUT2D eigenvalue weighted by molar-refractivity contribution is 6.30. The Bertz CT molecular complexity index is 606. The molecule has 22 heavy (non-hydrogen) atoms. The van der Waals surface area contributed by atoms with Crippen LogP contribution in [0.4, 0.5) is 4.79 Å². The van der Waals surface area contributed by atoms with Crippen molar-refractivity contribution >= 4 is 29.8 Å². The third kappa shape index (κ3) is 3.33. The summed E-state index contributed by atoms with van der Waals surface area (Å²) in [5.41, 5.74) is 0. The Hall–Kier alpha value is -2.22. The molecule has 0 spiro atoms. The van der Waals surface area contributed by atoms with Crippen molar-refractivity contribution in [1.82, 2.24) is 20.2 Å². The molecule has 1 saturated heterocycles. The third-order valence-electron chi connectivity index (χ3n) is 3.44. The molecule has 3 rings (SSSR count). The highest BCUT2D eigenvalue weighted by atomic mass is 35.5. The van der Waals surface area contributed by atoms with Crippen molar-refractivity contribution in [2.24, 2.45) is 4.99 Å². The quantitative estimate of drug-likeness (QED) is 0.881. The number of carbonyl (C=O) groups is 2. The number of amides is 3. The summed E-state index contributed by atoms with van der Waals surface area (Å²) in [6, 6.07) is -0.935. The van der Waals surface area contributed by atoms with Gasteiger partial charge in [0.1, 0.15) is 12.1 Å². The molecule has 0 radical (unpaired) electrons. The molecule has 3 amide bonds. The van der Waals surface area contributed by atoms with Gasteiger partial charge in [-0.3, -0.25) is 4.79 Å². The summed E-state index contributed by atoms with van der Waals surface area (Å²) in [6.07, 6.45) is 5.67. The summed E-state index contributed by atoms with van der Waals surface area (Å²) in [7, 11) is 0. The van der Waals surface area contributed by atoms with Crippen molar-refractivity contribution in [1.29, 1.82) is 0 Å². The van der Waals surface area contributed by atoms with Crippen LogP contribution in [-0.4, -0.2) is 58.3 Å². The molecule has 2 aliphatic heterocycles. The van der Waals surface area contributed by atoms with Gasteiger partial charge in [-0.25, -0.2) is 19.8 Å². The van der Waals surface area contributed by atoms with Crippen molar-refractivity contribution < 1.29 is 14.3 Å². The number of ether oxygens (including phenoxy) is 1. The third-order valence-corrected chi connectivity index (χ3v) is 3.64. The van der Waals surface area contributed by atoms with Gasteiger partial charge in [-0.2, -0.15) is 0 Å². The lowest BCUT2D eigenvalue weighted by Crippen LogP contribution is -2.51. The minimum Gasteiger partial charge on any atom is -0.458 e. The van der Waals surface area contributed by atoms with Gasteiger partial charge < -0.3 is 15.0 Å². The molecule has 3 heterocycles. The average Bonchev–Trinajstić information content (AvgIpc) is 2.96. The van der Waals surface area contributed by atoms with Gasteiger partial charge in [0.15, 0.2) is 0 Å². The first kappa shape index (κ1) is 14.7. The summed E-state index contributed by atoms with van der Waals surface area (Å²) in [5, 5.41) is 2.92. The fourth-order valence-corrected chi connectivity index (χ4v) is 2.51. The second-order valence-electron chi connectivity index (χ2n) is 5.06. The molecule has 1 aromatic heterocycles. The summed E-state index contributed by atoms with van der Waals surface area (Å²) in [6.45, 7) is 1.05. The van der Waals surface area contributed by atoms with Gasteiger partial charge in [0.2, 0.25) is 0 Å². The summed E-state index contributed by atoms with van der Waals surface area (Å²) < 4.78 is 5.68. The number of likely N-dealkylation sites (tertiary alicyclic amines) is 1. The van der Waals surface area contributed by atoms with Crippen molar-refractivity contribution in [3.8, 4) is 6.01 Å². The van der Waals surface area contributed by atoms with E-state index in [1.54, 1.807) is 4.90 Å². The van der Waals surface area contributed by atoms with Crippen LogP contribution in [0.25, 0.3) is 0 Å². The maximum atomic E-state index is 12.3. The van der Waals surface area contributed by atoms with Crippen LogP contribution in [0.3, 0.4) is 0 Å². The lowest BCUT2D eigenvalue weighted by molar-refractivity contribution is -0.134. The van der Waals surface area contributed by atoms with Crippen molar-refractivity contribution in [2.45, 2.75) is 25.0 Å². The molecule has 2 atom stereocenters. The molecule has 116 valence electrons. The lowest BCUT2D eigenvalue weighted by Gasteiger charge is -2.33. The number of piperidine rings is 1. The van der Waals surface area contributed by atoms with Crippen molar-refractivity contribution in [3.05, 3.63) is 17.4 Å². The summed E-state index contributed by atoms with van der Waals surface area (Å²) in [4.78, 5) is 36.5. The Balaban J connectivity index is 1.59. The maximum absolute atomic E-state index is 12.3. The number of urea groups is 1. The predicted octanol–water partition coefficient (Wildman–Crippen LogP) is 0.662. The molecule has 2 aliphatic rings. The van der Waals surface area contributed by atoms with Crippen molar-refractivity contribution in [2.75, 3.05) is 13.1 Å². The number of carbonyl (C=O) groups excluding carboxylic acids is 2. The SMILES string of the molecule is O=C1N=CC(C(=O)N2CCCC(Oc3ncc(Cl)cn3)C2)N1. The Labute approximate surface area is 131 Å². The van der Waals surface area contributed by atoms with Gasteiger partial charge in [-0.1, -0.05) is 11.6 Å². The number of nitrogens with zero attached hydrogens (tertiary/aromatic N) is 4. The Morgan fingerprint density at radius 3 is 2.86 bits per heavy atom. The van der Waals surface area contributed by atoms with E-state index in [0.29, 0.717) is 18.1 Å². The molecule has 0 aromatic carbocycles. The van der Waals surface area contributed by atoms with Crippen LogP contribution in [0.5, 0.6) is 6.01 Å². The van der Waals surface area contributed by atoms with E-state index in [9.17, 15) is 9.59 Å². The van der Waals surface area contributed by atoms with Gasteiger partial charge in [-0.05, 0) is 12.8 Å². The minimum atomic E-state index is -0.682. The first-order chi connectivity index (χ1) is 10.6. The second kappa shape index (κ2) is 6.27. The minimum absolute atomic E-state index is 0.181. The summed E-state index contributed by atoms with van der Waals surface area (Å²) >= 11 is 5.72. The summed E-state index contributed by atoms with van der Waals surface area (Å²) in [5.74, 6) is -0.181. The number of rotatable bonds is 3.